The molecule has 1 aromatic heterocycles. The van der Waals surface area contributed by atoms with Crippen LogP contribution in [0, 0.1) is 18.8 Å². The maximum absolute atomic E-state index is 13.6. The predicted octanol–water partition coefficient (Wildman–Crippen LogP) is 6.28. The topological polar surface area (TPSA) is 61.2 Å². The van der Waals surface area contributed by atoms with Gasteiger partial charge >= 0.3 is 6.61 Å². The molecule has 4 rings (SSSR count). The normalized spacial score (nSPS) is 20.6. The number of thioether (sulfide) groups is 1. The van der Waals surface area contributed by atoms with E-state index in [1.807, 2.05) is 12.1 Å². The highest BCUT2D eigenvalue weighted by Gasteiger charge is 2.31. The molecule has 0 spiro atoms. The fraction of sp³-hybridized carbons (Fsp3) is 0.423. The lowest BCUT2D eigenvalue weighted by atomic mass is 9.78. The van der Waals surface area contributed by atoms with Gasteiger partial charge in [-0.1, -0.05) is 62.2 Å². The van der Waals surface area contributed by atoms with E-state index in [0.717, 1.165) is 24.8 Å². The van der Waals surface area contributed by atoms with E-state index in [4.69, 9.17) is 4.98 Å². The quantitative estimate of drug-likeness (QED) is 0.223. The Kier molecular flexibility index (Phi) is 7.36. The van der Waals surface area contributed by atoms with E-state index in [0.29, 0.717) is 22.0 Å². The summed E-state index contributed by atoms with van der Waals surface area (Å²) in [5.41, 5.74) is 1.33. The maximum atomic E-state index is 13.6. The van der Waals surface area contributed by atoms with Gasteiger partial charge in [0.1, 0.15) is 5.75 Å². The fourth-order valence-corrected chi connectivity index (χ4v) is 5.64. The van der Waals surface area contributed by atoms with Crippen molar-refractivity contribution in [1.82, 2.24) is 9.55 Å². The molecule has 2 aromatic carbocycles. The molecule has 1 aliphatic carbocycles. The summed E-state index contributed by atoms with van der Waals surface area (Å²) in [6.07, 6.45) is 3.02. The number of ketones is 1. The first-order valence-corrected chi connectivity index (χ1v) is 12.5. The molecule has 0 bridgehead atoms. The summed E-state index contributed by atoms with van der Waals surface area (Å²) < 4.78 is 32.0. The first kappa shape index (κ1) is 24.4. The van der Waals surface area contributed by atoms with Crippen molar-refractivity contribution in [3.8, 4) is 5.75 Å². The van der Waals surface area contributed by atoms with Crippen LogP contribution >= 0.6 is 11.8 Å². The number of nitrogens with zero attached hydrogens (tertiary/aromatic N) is 2. The van der Waals surface area contributed by atoms with Gasteiger partial charge in [-0.15, -0.1) is 0 Å². The second-order valence-electron chi connectivity index (χ2n) is 9.01. The van der Waals surface area contributed by atoms with Crippen molar-refractivity contribution >= 4 is 28.4 Å². The van der Waals surface area contributed by atoms with Gasteiger partial charge in [-0.05, 0) is 49.4 Å². The molecule has 0 amide bonds. The third-order valence-electron chi connectivity index (χ3n) is 6.75. The second-order valence-corrected chi connectivity index (χ2v) is 9.95. The molecule has 0 saturated heterocycles. The van der Waals surface area contributed by atoms with Gasteiger partial charge in [0.2, 0.25) is 0 Å². The molecule has 1 aliphatic rings. The van der Waals surface area contributed by atoms with Crippen LogP contribution in [-0.2, 0) is 0 Å². The van der Waals surface area contributed by atoms with E-state index in [1.54, 1.807) is 35.8 Å². The Balaban J connectivity index is 1.70. The van der Waals surface area contributed by atoms with Crippen LogP contribution in [0.3, 0.4) is 0 Å². The summed E-state index contributed by atoms with van der Waals surface area (Å²) in [6, 6.07) is 11.7. The van der Waals surface area contributed by atoms with Crippen LogP contribution in [0.1, 0.15) is 55.1 Å². The summed E-state index contributed by atoms with van der Waals surface area (Å²) in [4.78, 5) is 31.4. The molecule has 34 heavy (non-hydrogen) atoms. The number of alkyl halides is 2. The molecule has 180 valence electrons. The Labute approximate surface area is 201 Å². The largest absolute Gasteiger partial charge is 0.434 e. The summed E-state index contributed by atoms with van der Waals surface area (Å²) in [7, 11) is 0. The number of rotatable bonds is 7. The first-order chi connectivity index (χ1) is 16.3. The van der Waals surface area contributed by atoms with Gasteiger partial charge in [-0.3, -0.25) is 14.2 Å². The highest BCUT2D eigenvalue weighted by molar-refractivity contribution is 7.99. The van der Waals surface area contributed by atoms with Crippen molar-refractivity contribution in [3.63, 3.8) is 0 Å². The molecule has 0 radical (unpaired) electrons. The minimum Gasteiger partial charge on any atom is -0.434 e. The molecule has 0 unspecified atom stereocenters. The Bertz CT molecular complexity index is 1260. The molecule has 0 N–H and O–H groups in total. The minimum absolute atomic E-state index is 0.0114. The van der Waals surface area contributed by atoms with Crippen LogP contribution in [0.25, 0.3) is 10.9 Å². The number of Topliss-reactive ketones (excluding diaryl/α,β-unsaturated/α-hetero) is 1. The van der Waals surface area contributed by atoms with Gasteiger partial charge in [0.05, 0.1) is 22.2 Å². The fourth-order valence-electron chi connectivity index (χ4n) is 4.71. The molecular weight excluding hydrogens is 458 g/mol. The van der Waals surface area contributed by atoms with Crippen molar-refractivity contribution in [1.29, 1.82) is 0 Å². The number of ether oxygens (including phenoxy) is 1. The standard InChI is InChI=1S/C26H28F2N2O3S/c1-15-11-12-23(33-25(27)28)19(13-15)22(31)14-34-26-29-20-9-5-4-8-18(20)24(32)30(26)21-10-6-7-16(2)17(21)3/h4-5,8-9,11-13,16-17,21,25H,6-7,10,14H2,1-3H3/t16-,17-,21+/m0/s1. The summed E-state index contributed by atoms with van der Waals surface area (Å²) in [5, 5.41) is 1.03. The zero-order valence-electron chi connectivity index (χ0n) is 19.5. The molecule has 5 nitrogen and oxygen atoms in total. The molecule has 0 aliphatic heterocycles. The highest BCUT2D eigenvalue weighted by Crippen LogP contribution is 2.39. The van der Waals surface area contributed by atoms with Gasteiger partial charge in [0, 0.05) is 6.04 Å². The molecule has 1 saturated carbocycles. The average Bonchev–Trinajstić information content (AvgIpc) is 2.81. The third kappa shape index (κ3) is 5.02. The van der Waals surface area contributed by atoms with E-state index < -0.39 is 6.61 Å². The maximum Gasteiger partial charge on any atom is 0.387 e. The van der Waals surface area contributed by atoms with Gasteiger partial charge in [0.25, 0.3) is 5.56 Å². The van der Waals surface area contributed by atoms with E-state index in [1.165, 1.54) is 17.8 Å². The van der Waals surface area contributed by atoms with E-state index in [-0.39, 0.29) is 40.4 Å². The van der Waals surface area contributed by atoms with Crippen molar-refractivity contribution in [3.05, 3.63) is 63.9 Å². The molecule has 1 fully saturated rings. The smallest absolute Gasteiger partial charge is 0.387 e. The average molecular weight is 487 g/mol. The van der Waals surface area contributed by atoms with E-state index >= 15 is 0 Å². The molecule has 1 heterocycles. The third-order valence-corrected chi connectivity index (χ3v) is 7.71. The number of para-hydroxylation sites is 1. The number of aryl methyl sites for hydroxylation is 1. The van der Waals surface area contributed by atoms with Crippen LogP contribution in [-0.4, -0.2) is 27.7 Å². The Morgan fingerprint density at radius 2 is 1.97 bits per heavy atom. The van der Waals surface area contributed by atoms with E-state index in [9.17, 15) is 18.4 Å². The van der Waals surface area contributed by atoms with Crippen molar-refractivity contribution in [2.75, 3.05) is 5.75 Å². The van der Waals surface area contributed by atoms with Gasteiger partial charge < -0.3 is 4.74 Å². The molecule has 8 heteroatoms. The highest BCUT2D eigenvalue weighted by atomic mass is 32.2. The molecule has 3 atom stereocenters. The monoisotopic (exact) mass is 486 g/mol. The van der Waals surface area contributed by atoms with Crippen LogP contribution in [0.5, 0.6) is 5.75 Å². The molecular formula is C26H28F2N2O3S. The Hall–Kier alpha value is -2.74. The Morgan fingerprint density at radius 1 is 1.21 bits per heavy atom. The number of halogens is 2. The summed E-state index contributed by atoms with van der Waals surface area (Å²) in [6.45, 7) is 3.12. The Morgan fingerprint density at radius 3 is 2.74 bits per heavy atom. The first-order valence-electron chi connectivity index (χ1n) is 11.5. The number of hydrogen-bond donors (Lipinski definition) is 0. The number of carbonyl (C=O) groups is 1. The number of carbonyl (C=O) groups excluding carboxylic acids is 1. The van der Waals surface area contributed by atoms with Crippen molar-refractivity contribution in [2.24, 2.45) is 11.8 Å². The number of hydrogen-bond acceptors (Lipinski definition) is 5. The zero-order chi connectivity index (χ0) is 24.4. The number of aromatic nitrogens is 2. The number of benzene rings is 2. The summed E-state index contributed by atoms with van der Waals surface area (Å²) >= 11 is 1.17. The van der Waals surface area contributed by atoms with Crippen molar-refractivity contribution in [2.45, 2.75) is 57.8 Å². The lowest BCUT2D eigenvalue weighted by Crippen LogP contribution is -2.35. The van der Waals surface area contributed by atoms with Crippen LogP contribution in [0.2, 0.25) is 0 Å². The summed E-state index contributed by atoms with van der Waals surface area (Å²) in [5.74, 6) is 0.197. The minimum atomic E-state index is -3.02. The number of fused-ring (bicyclic) bond motifs is 1. The lowest BCUT2D eigenvalue weighted by Gasteiger charge is -2.36. The molecule has 3 aromatic rings. The zero-order valence-corrected chi connectivity index (χ0v) is 20.3. The SMILES string of the molecule is Cc1ccc(OC(F)F)c(C(=O)CSc2nc3ccccc3c(=O)n2[C@@H]2CCC[C@H](C)[C@@H]2C)c1. The van der Waals surface area contributed by atoms with Gasteiger partial charge in [0.15, 0.2) is 10.9 Å². The predicted molar refractivity (Wildman–Crippen MR) is 130 cm³/mol. The lowest BCUT2D eigenvalue weighted by molar-refractivity contribution is -0.0501. The van der Waals surface area contributed by atoms with E-state index in [2.05, 4.69) is 18.6 Å². The van der Waals surface area contributed by atoms with Crippen LogP contribution < -0.4 is 10.3 Å². The van der Waals surface area contributed by atoms with Crippen LogP contribution in [0.15, 0.2) is 52.4 Å². The van der Waals surface area contributed by atoms with Crippen LogP contribution in [0.4, 0.5) is 8.78 Å². The van der Waals surface area contributed by atoms with Crippen molar-refractivity contribution < 1.29 is 18.3 Å². The van der Waals surface area contributed by atoms with Gasteiger partial charge in [-0.25, -0.2) is 4.98 Å². The van der Waals surface area contributed by atoms with Gasteiger partial charge in [-0.2, -0.15) is 8.78 Å². The second kappa shape index (κ2) is 10.3.